The van der Waals surface area contributed by atoms with Gasteiger partial charge in [-0.3, -0.25) is 9.59 Å². The molecule has 2 aliphatic rings. The van der Waals surface area contributed by atoms with Gasteiger partial charge < -0.3 is 19.3 Å². The van der Waals surface area contributed by atoms with Crippen molar-refractivity contribution >= 4 is 38.1 Å². The Kier molecular flexibility index (Phi) is 7.89. The predicted molar refractivity (Wildman–Crippen MR) is 161 cm³/mol. The molecule has 12 heteroatoms. The number of benzene rings is 3. The van der Waals surface area contributed by atoms with Crippen molar-refractivity contribution in [3.05, 3.63) is 101 Å². The second-order valence-corrected chi connectivity index (χ2v) is 12.5. The zero-order chi connectivity index (χ0) is 30.1. The summed E-state index contributed by atoms with van der Waals surface area (Å²) in [6, 6.07) is 19.3. The number of hydrogen-bond donors (Lipinski definition) is 0. The highest BCUT2D eigenvalue weighted by Gasteiger charge is 2.32. The lowest BCUT2D eigenvalue weighted by molar-refractivity contribution is -0.132. The molecule has 0 radical (unpaired) electrons. The maximum Gasteiger partial charge on any atom is 0.258 e. The van der Waals surface area contributed by atoms with E-state index in [1.54, 1.807) is 65.6 Å². The highest BCUT2D eigenvalue weighted by Crippen LogP contribution is 2.27. The van der Waals surface area contributed by atoms with Crippen LogP contribution in [0.4, 0.5) is 20.2 Å². The van der Waals surface area contributed by atoms with Gasteiger partial charge in [-0.2, -0.15) is 4.31 Å². The van der Waals surface area contributed by atoms with Crippen LogP contribution in [-0.2, 0) is 21.4 Å². The first kappa shape index (κ1) is 28.8. The molecule has 2 aliphatic heterocycles. The van der Waals surface area contributed by atoms with E-state index in [4.69, 9.17) is 0 Å². The molecular formula is C31H31F2N5O4S. The molecule has 3 heterocycles. The van der Waals surface area contributed by atoms with Crippen molar-refractivity contribution in [2.45, 2.75) is 11.4 Å². The Labute approximate surface area is 248 Å². The lowest BCUT2D eigenvalue weighted by atomic mass is 10.2. The summed E-state index contributed by atoms with van der Waals surface area (Å²) in [5, 5.41) is 0.483. The number of aromatic nitrogens is 1. The Bertz CT molecular complexity index is 1830. The summed E-state index contributed by atoms with van der Waals surface area (Å²) in [6.45, 7) is 2.08. The number of halogens is 2. The van der Waals surface area contributed by atoms with Crippen LogP contribution in [0.25, 0.3) is 10.8 Å². The van der Waals surface area contributed by atoms with Crippen molar-refractivity contribution in [3.8, 4) is 0 Å². The van der Waals surface area contributed by atoms with E-state index in [1.165, 1.54) is 22.6 Å². The van der Waals surface area contributed by atoms with Gasteiger partial charge in [0.1, 0.15) is 23.1 Å². The van der Waals surface area contributed by atoms with Crippen molar-refractivity contribution < 1.29 is 22.0 Å². The molecule has 2 fully saturated rings. The minimum Gasteiger partial charge on any atom is -0.367 e. The molecule has 3 aromatic carbocycles. The summed E-state index contributed by atoms with van der Waals surface area (Å²) >= 11 is 0. The molecule has 1 aromatic heterocycles. The number of anilines is 2. The number of carbonyl (C=O) groups is 1. The summed E-state index contributed by atoms with van der Waals surface area (Å²) in [5.41, 5.74) is 0.439. The molecule has 0 N–H and O–H groups in total. The minimum atomic E-state index is -4.06. The number of sulfonamides is 1. The number of nitrogens with zero attached hydrogens (tertiary/aromatic N) is 5. The first-order valence-electron chi connectivity index (χ1n) is 14.1. The van der Waals surface area contributed by atoms with Crippen molar-refractivity contribution in [1.29, 1.82) is 0 Å². The highest BCUT2D eigenvalue weighted by molar-refractivity contribution is 7.89. The number of carbonyl (C=O) groups excluding carboxylic acids is 1. The van der Waals surface area contributed by atoms with Crippen molar-refractivity contribution in [1.82, 2.24) is 13.8 Å². The van der Waals surface area contributed by atoms with E-state index < -0.39 is 15.6 Å². The maximum absolute atomic E-state index is 14.3. The Hall–Kier alpha value is -4.29. The van der Waals surface area contributed by atoms with E-state index in [2.05, 4.69) is 0 Å². The second-order valence-electron chi connectivity index (χ2n) is 10.6. The molecule has 43 heavy (non-hydrogen) atoms. The van der Waals surface area contributed by atoms with Crippen LogP contribution in [-0.4, -0.2) is 80.5 Å². The predicted octanol–water partition coefficient (Wildman–Crippen LogP) is 3.14. The average Bonchev–Trinajstić information content (AvgIpc) is 3.03. The molecular weight excluding hydrogens is 576 g/mol. The molecule has 0 unspecified atom stereocenters. The van der Waals surface area contributed by atoms with Gasteiger partial charge in [-0.15, -0.1) is 0 Å². The lowest BCUT2D eigenvalue weighted by Crippen LogP contribution is -2.50. The monoisotopic (exact) mass is 607 g/mol. The first-order chi connectivity index (χ1) is 20.7. The Morgan fingerprint density at radius 2 is 1.16 bits per heavy atom. The third kappa shape index (κ3) is 5.59. The number of amides is 1. The van der Waals surface area contributed by atoms with Gasteiger partial charge in [-0.1, -0.05) is 42.5 Å². The largest absolute Gasteiger partial charge is 0.367 e. The highest BCUT2D eigenvalue weighted by atomic mass is 32.2. The molecule has 0 atom stereocenters. The summed E-state index contributed by atoms with van der Waals surface area (Å²) in [5.74, 6) is -1.02. The van der Waals surface area contributed by atoms with Crippen LogP contribution in [0.15, 0.2) is 88.7 Å². The third-order valence-corrected chi connectivity index (χ3v) is 10.1. The molecule has 224 valence electrons. The van der Waals surface area contributed by atoms with Gasteiger partial charge in [0.05, 0.1) is 11.4 Å². The standard InChI is InChI=1S/C31H31F2N5O4S/c32-25-9-3-5-11-27(25)34-13-15-36(16-14-34)30(39)22-37-21-29(23-7-1-2-8-24(23)31(37)40)43(41,42)38-19-17-35(18-20-38)28-12-6-4-10-26(28)33/h1-12,21H,13-20,22H2. The van der Waals surface area contributed by atoms with Gasteiger partial charge in [-0.25, -0.2) is 17.2 Å². The number of pyridine rings is 1. The van der Waals surface area contributed by atoms with Gasteiger partial charge in [-0.05, 0) is 30.3 Å². The second kappa shape index (κ2) is 11.8. The first-order valence-corrected chi connectivity index (χ1v) is 15.6. The van der Waals surface area contributed by atoms with E-state index in [0.717, 1.165) is 4.57 Å². The topological polar surface area (TPSA) is 86.2 Å². The molecule has 2 saturated heterocycles. The van der Waals surface area contributed by atoms with Gasteiger partial charge in [0.25, 0.3) is 5.56 Å². The lowest BCUT2D eigenvalue weighted by Gasteiger charge is -2.36. The van der Waals surface area contributed by atoms with Gasteiger partial charge >= 0.3 is 0 Å². The van der Waals surface area contributed by atoms with Crippen molar-refractivity contribution in [3.63, 3.8) is 0 Å². The fraction of sp³-hybridized carbons (Fsp3) is 0.290. The fourth-order valence-corrected chi connectivity index (χ4v) is 7.44. The Morgan fingerprint density at radius 1 is 0.674 bits per heavy atom. The third-order valence-electron chi connectivity index (χ3n) is 8.14. The van der Waals surface area contributed by atoms with Crippen LogP contribution in [0.2, 0.25) is 0 Å². The van der Waals surface area contributed by atoms with Crippen LogP contribution >= 0.6 is 0 Å². The number of fused-ring (bicyclic) bond motifs is 1. The summed E-state index contributed by atoms with van der Waals surface area (Å²) in [7, 11) is -4.06. The van der Waals surface area contributed by atoms with Crippen LogP contribution in [0.3, 0.4) is 0 Å². The molecule has 9 nitrogen and oxygen atoms in total. The molecule has 1 amide bonds. The molecule has 0 spiro atoms. The van der Waals surface area contributed by atoms with Crippen LogP contribution in [0.1, 0.15) is 0 Å². The Morgan fingerprint density at radius 3 is 1.72 bits per heavy atom. The van der Waals surface area contributed by atoms with Crippen molar-refractivity contribution in [2.24, 2.45) is 0 Å². The van der Waals surface area contributed by atoms with E-state index in [1.807, 2.05) is 9.80 Å². The van der Waals surface area contributed by atoms with E-state index in [9.17, 15) is 26.8 Å². The summed E-state index contributed by atoms with van der Waals surface area (Å²) in [4.78, 5) is 31.9. The fourth-order valence-electron chi connectivity index (χ4n) is 5.80. The normalized spacial score (nSPS) is 16.6. The van der Waals surface area contributed by atoms with Gasteiger partial charge in [0, 0.05) is 69.3 Å². The van der Waals surface area contributed by atoms with Crippen molar-refractivity contribution in [2.75, 3.05) is 62.2 Å². The quantitative estimate of drug-likeness (QED) is 0.335. The number of hydrogen-bond acceptors (Lipinski definition) is 6. The summed E-state index contributed by atoms with van der Waals surface area (Å²) in [6.07, 6.45) is 1.26. The molecule has 0 saturated carbocycles. The van der Waals surface area contributed by atoms with Crippen LogP contribution in [0.5, 0.6) is 0 Å². The number of rotatable bonds is 6. The smallest absolute Gasteiger partial charge is 0.258 e. The zero-order valence-corrected chi connectivity index (χ0v) is 24.2. The molecule has 6 rings (SSSR count). The number of piperazine rings is 2. The molecule has 0 bridgehead atoms. The SMILES string of the molecule is O=C(Cn1cc(S(=O)(=O)N2CCN(c3ccccc3F)CC2)c2ccccc2c1=O)N1CCN(c2ccccc2F)CC1. The van der Waals surface area contributed by atoms with E-state index in [0.29, 0.717) is 50.6 Å². The van der Waals surface area contributed by atoms with Gasteiger partial charge in [0.2, 0.25) is 15.9 Å². The van der Waals surface area contributed by atoms with Crippen LogP contribution < -0.4 is 15.4 Å². The van der Waals surface area contributed by atoms with E-state index in [-0.39, 0.29) is 52.8 Å². The minimum absolute atomic E-state index is 0.0563. The summed E-state index contributed by atoms with van der Waals surface area (Å²) < 4.78 is 59.0. The maximum atomic E-state index is 14.3. The number of para-hydroxylation sites is 2. The average molecular weight is 608 g/mol. The van der Waals surface area contributed by atoms with Crippen LogP contribution in [0, 0.1) is 11.6 Å². The Balaban J connectivity index is 1.22. The molecule has 0 aliphatic carbocycles. The molecule has 4 aromatic rings. The van der Waals surface area contributed by atoms with E-state index >= 15 is 0 Å². The van der Waals surface area contributed by atoms with Gasteiger partial charge in [0.15, 0.2) is 0 Å². The zero-order valence-electron chi connectivity index (χ0n) is 23.4.